The second-order valence-corrected chi connectivity index (χ2v) is 3.63. The van der Waals surface area contributed by atoms with Gasteiger partial charge in [0.2, 0.25) is 0 Å². The first-order valence-electron chi connectivity index (χ1n) is 5.14. The average Bonchev–Trinajstić information content (AvgIpc) is 2.29. The number of nitrogens with zero attached hydrogens (tertiary/aromatic N) is 3. The van der Waals surface area contributed by atoms with Gasteiger partial charge in [-0.25, -0.2) is 4.99 Å². The van der Waals surface area contributed by atoms with Crippen LogP contribution in [0.4, 0.5) is 5.69 Å². The zero-order valence-corrected chi connectivity index (χ0v) is 9.59. The highest BCUT2D eigenvalue weighted by Gasteiger charge is 2.10. The third-order valence-electron chi connectivity index (χ3n) is 2.41. The summed E-state index contributed by atoms with van der Waals surface area (Å²) in [4.78, 5) is 6.08. The van der Waals surface area contributed by atoms with E-state index in [2.05, 4.69) is 11.1 Å². The Balaban J connectivity index is 2.74. The molecule has 1 aromatic carbocycles. The van der Waals surface area contributed by atoms with Gasteiger partial charge in [0.1, 0.15) is 0 Å². The van der Waals surface area contributed by atoms with Gasteiger partial charge in [0, 0.05) is 13.1 Å². The molecule has 16 heavy (non-hydrogen) atoms. The van der Waals surface area contributed by atoms with Crippen molar-refractivity contribution in [1.82, 2.24) is 4.90 Å². The molecule has 0 aliphatic heterocycles. The van der Waals surface area contributed by atoms with Gasteiger partial charge < -0.3 is 10.6 Å². The molecule has 0 spiro atoms. The monoisotopic (exact) mass is 216 g/mol. The van der Waals surface area contributed by atoms with Crippen LogP contribution in [0, 0.1) is 11.3 Å². The van der Waals surface area contributed by atoms with Gasteiger partial charge in [-0.05, 0) is 19.1 Å². The Labute approximate surface area is 96.0 Å². The van der Waals surface area contributed by atoms with E-state index in [-0.39, 0.29) is 6.04 Å². The maximum Gasteiger partial charge on any atom is 0.196 e. The predicted octanol–water partition coefficient (Wildman–Crippen LogP) is 1.87. The molecule has 4 nitrogen and oxygen atoms in total. The normalized spacial score (nSPS) is 12.9. The standard InChI is InChI=1S/C12H16N4/c1-10(8-9-13)16(2)12(14)15-11-6-4-3-5-7-11/h3-7,10H,8H2,1-2H3,(H2,14,15). The van der Waals surface area contributed by atoms with Crippen LogP contribution in [0.5, 0.6) is 0 Å². The third-order valence-corrected chi connectivity index (χ3v) is 2.41. The predicted molar refractivity (Wildman–Crippen MR) is 65.2 cm³/mol. The van der Waals surface area contributed by atoms with E-state index in [1.807, 2.05) is 44.3 Å². The first-order chi connectivity index (χ1) is 7.65. The first kappa shape index (κ1) is 12.1. The maximum atomic E-state index is 8.60. The lowest BCUT2D eigenvalue weighted by Crippen LogP contribution is -2.39. The van der Waals surface area contributed by atoms with Gasteiger partial charge in [-0.3, -0.25) is 0 Å². The summed E-state index contributed by atoms with van der Waals surface area (Å²) in [6, 6.07) is 11.7. The number of para-hydroxylation sites is 1. The second kappa shape index (κ2) is 5.76. The van der Waals surface area contributed by atoms with Crippen molar-refractivity contribution in [3.05, 3.63) is 30.3 Å². The molecule has 0 aromatic heterocycles. The smallest absolute Gasteiger partial charge is 0.196 e. The highest BCUT2D eigenvalue weighted by Crippen LogP contribution is 2.10. The average molecular weight is 216 g/mol. The molecule has 0 aliphatic carbocycles. The van der Waals surface area contributed by atoms with Crippen molar-refractivity contribution in [3.8, 4) is 6.07 Å². The molecular formula is C12H16N4. The molecule has 0 radical (unpaired) electrons. The Morgan fingerprint density at radius 3 is 2.69 bits per heavy atom. The van der Waals surface area contributed by atoms with Gasteiger partial charge in [-0.15, -0.1) is 0 Å². The highest BCUT2D eigenvalue weighted by molar-refractivity contribution is 5.81. The Bertz CT molecular complexity index is 391. The number of hydrogen-bond acceptors (Lipinski definition) is 2. The highest BCUT2D eigenvalue weighted by atomic mass is 15.2. The Morgan fingerprint density at radius 2 is 2.12 bits per heavy atom. The van der Waals surface area contributed by atoms with Crippen molar-refractivity contribution < 1.29 is 0 Å². The van der Waals surface area contributed by atoms with Crippen molar-refractivity contribution in [2.75, 3.05) is 7.05 Å². The molecule has 0 heterocycles. The Morgan fingerprint density at radius 1 is 1.50 bits per heavy atom. The number of benzene rings is 1. The van der Waals surface area contributed by atoms with Gasteiger partial charge in [-0.1, -0.05) is 18.2 Å². The number of rotatable bonds is 3. The van der Waals surface area contributed by atoms with Crippen molar-refractivity contribution in [3.63, 3.8) is 0 Å². The third kappa shape index (κ3) is 3.28. The molecular weight excluding hydrogens is 200 g/mol. The van der Waals surface area contributed by atoms with Gasteiger partial charge in [-0.2, -0.15) is 5.26 Å². The molecule has 0 saturated carbocycles. The van der Waals surface area contributed by atoms with Crippen LogP contribution >= 0.6 is 0 Å². The Hall–Kier alpha value is -2.02. The van der Waals surface area contributed by atoms with E-state index in [1.54, 1.807) is 4.90 Å². The second-order valence-electron chi connectivity index (χ2n) is 3.63. The molecule has 0 bridgehead atoms. The van der Waals surface area contributed by atoms with Crippen LogP contribution in [0.1, 0.15) is 13.3 Å². The minimum Gasteiger partial charge on any atom is -0.369 e. The van der Waals surface area contributed by atoms with E-state index < -0.39 is 0 Å². The van der Waals surface area contributed by atoms with E-state index in [1.165, 1.54) is 0 Å². The molecule has 4 heteroatoms. The van der Waals surface area contributed by atoms with E-state index in [4.69, 9.17) is 11.0 Å². The summed E-state index contributed by atoms with van der Waals surface area (Å²) in [6.45, 7) is 1.94. The quantitative estimate of drug-likeness (QED) is 0.619. The summed E-state index contributed by atoms with van der Waals surface area (Å²) >= 11 is 0. The fraction of sp³-hybridized carbons (Fsp3) is 0.333. The van der Waals surface area contributed by atoms with Crippen LogP contribution in [0.25, 0.3) is 0 Å². The van der Waals surface area contributed by atoms with Crippen LogP contribution in [-0.4, -0.2) is 23.9 Å². The molecule has 0 amide bonds. The summed E-state index contributed by atoms with van der Waals surface area (Å²) < 4.78 is 0. The molecule has 84 valence electrons. The lowest BCUT2D eigenvalue weighted by Gasteiger charge is -2.23. The lowest BCUT2D eigenvalue weighted by atomic mass is 10.2. The van der Waals surface area contributed by atoms with Crippen LogP contribution in [0.3, 0.4) is 0 Å². The number of hydrogen-bond donors (Lipinski definition) is 1. The summed E-state index contributed by atoms with van der Waals surface area (Å²) in [7, 11) is 1.84. The molecule has 2 N–H and O–H groups in total. The van der Waals surface area contributed by atoms with E-state index >= 15 is 0 Å². The molecule has 0 fully saturated rings. The summed E-state index contributed by atoms with van der Waals surface area (Å²) in [5.74, 6) is 0.425. The van der Waals surface area contributed by atoms with Gasteiger partial charge >= 0.3 is 0 Å². The van der Waals surface area contributed by atoms with Crippen LogP contribution < -0.4 is 5.73 Å². The van der Waals surface area contributed by atoms with Crippen molar-refractivity contribution >= 4 is 11.6 Å². The number of nitriles is 1. The van der Waals surface area contributed by atoms with E-state index in [0.717, 1.165) is 5.69 Å². The van der Waals surface area contributed by atoms with Crippen LogP contribution in [-0.2, 0) is 0 Å². The fourth-order valence-corrected chi connectivity index (χ4v) is 1.21. The van der Waals surface area contributed by atoms with Gasteiger partial charge in [0.25, 0.3) is 0 Å². The Kier molecular flexibility index (Phi) is 4.34. The van der Waals surface area contributed by atoms with Crippen molar-refractivity contribution in [2.24, 2.45) is 10.7 Å². The van der Waals surface area contributed by atoms with Gasteiger partial charge in [0.15, 0.2) is 5.96 Å². The summed E-state index contributed by atoms with van der Waals surface area (Å²) in [6.07, 6.45) is 0.432. The summed E-state index contributed by atoms with van der Waals surface area (Å²) in [5, 5.41) is 8.60. The number of aliphatic imine (C=N–C) groups is 1. The SMILES string of the molecule is CC(CC#N)N(C)C(N)=Nc1ccccc1. The molecule has 1 aromatic rings. The van der Waals surface area contributed by atoms with Crippen LogP contribution in [0.15, 0.2) is 35.3 Å². The van der Waals surface area contributed by atoms with E-state index in [0.29, 0.717) is 12.4 Å². The zero-order chi connectivity index (χ0) is 12.0. The fourth-order valence-electron chi connectivity index (χ4n) is 1.21. The minimum atomic E-state index is 0.0671. The molecule has 0 saturated heterocycles. The lowest BCUT2D eigenvalue weighted by molar-refractivity contribution is 0.392. The van der Waals surface area contributed by atoms with Crippen molar-refractivity contribution in [1.29, 1.82) is 5.26 Å². The molecule has 1 unspecified atom stereocenters. The topological polar surface area (TPSA) is 65.4 Å². The molecule has 0 aliphatic rings. The first-order valence-corrected chi connectivity index (χ1v) is 5.14. The largest absolute Gasteiger partial charge is 0.369 e. The maximum absolute atomic E-state index is 8.60. The minimum absolute atomic E-state index is 0.0671. The zero-order valence-electron chi connectivity index (χ0n) is 9.59. The van der Waals surface area contributed by atoms with Crippen LogP contribution in [0.2, 0.25) is 0 Å². The molecule has 1 atom stereocenters. The van der Waals surface area contributed by atoms with Crippen molar-refractivity contribution in [2.45, 2.75) is 19.4 Å². The van der Waals surface area contributed by atoms with E-state index in [9.17, 15) is 0 Å². The molecule has 1 rings (SSSR count). The summed E-state index contributed by atoms with van der Waals surface area (Å²) in [5.41, 5.74) is 6.66. The van der Waals surface area contributed by atoms with Gasteiger partial charge in [0.05, 0.1) is 18.2 Å². The number of guanidine groups is 1. The number of nitrogens with two attached hydrogens (primary N) is 1.